The van der Waals surface area contributed by atoms with Crippen molar-refractivity contribution in [1.82, 2.24) is 20.7 Å². The predicted molar refractivity (Wildman–Crippen MR) is 78.9 cm³/mol. The number of nitrogens with zero attached hydrogens (tertiary/aromatic N) is 3. The van der Waals surface area contributed by atoms with Crippen LogP contribution in [0.25, 0.3) is 0 Å². The van der Waals surface area contributed by atoms with Crippen LogP contribution in [0.4, 0.5) is 6.01 Å². The Kier molecular flexibility index (Phi) is 4.32. The van der Waals surface area contributed by atoms with Gasteiger partial charge in [0.1, 0.15) is 5.76 Å². The molecule has 0 aromatic carbocycles. The van der Waals surface area contributed by atoms with E-state index in [-0.39, 0.29) is 11.6 Å². The summed E-state index contributed by atoms with van der Waals surface area (Å²) in [5.74, 6) is 1.35. The first-order valence-corrected chi connectivity index (χ1v) is 7.03. The van der Waals surface area contributed by atoms with Gasteiger partial charge in [-0.3, -0.25) is 0 Å². The molecule has 0 saturated carbocycles. The molecule has 1 unspecified atom stereocenters. The summed E-state index contributed by atoms with van der Waals surface area (Å²) in [6.07, 6.45) is 0. The number of aryl methyl sites for hydroxylation is 2. The van der Waals surface area contributed by atoms with E-state index in [0.29, 0.717) is 18.5 Å². The Morgan fingerprint density at radius 3 is 2.48 bits per heavy atom. The minimum atomic E-state index is -0.0138. The Labute approximate surface area is 124 Å². The SMILES string of the molecule is Cc1noc(C)c1C(C)Nc1nnc(CNC(C)(C)C)o1. The standard InChI is InChI=1S/C14H23N5O2/c1-8(12-9(2)19-21-10(12)3)16-13-18-17-11(20-13)7-15-14(4,5)6/h8,15H,7H2,1-6H3,(H,16,18). The van der Waals surface area contributed by atoms with Crippen molar-refractivity contribution in [1.29, 1.82) is 0 Å². The molecule has 7 heteroatoms. The lowest BCUT2D eigenvalue weighted by atomic mass is 10.1. The second-order valence-corrected chi connectivity index (χ2v) is 6.21. The van der Waals surface area contributed by atoms with Gasteiger partial charge < -0.3 is 19.6 Å². The Hall–Kier alpha value is -1.89. The van der Waals surface area contributed by atoms with E-state index in [1.807, 2.05) is 20.8 Å². The van der Waals surface area contributed by atoms with Crippen LogP contribution >= 0.6 is 0 Å². The quantitative estimate of drug-likeness (QED) is 0.876. The summed E-state index contributed by atoms with van der Waals surface area (Å²) in [7, 11) is 0. The van der Waals surface area contributed by atoms with Crippen LogP contribution in [-0.4, -0.2) is 20.9 Å². The highest BCUT2D eigenvalue weighted by Crippen LogP contribution is 2.24. The Balaban J connectivity index is 1.99. The Morgan fingerprint density at radius 1 is 1.19 bits per heavy atom. The molecular weight excluding hydrogens is 270 g/mol. The summed E-state index contributed by atoms with van der Waals surface area (Å²) in [6, 6.07) is 0.383. The summed E-state index contributed by atoms with van der Waals surface area (Å²) in [5.41, 5.74) is 1.88. The maximum Gasteiger partial charge on any atom is 0.315 e. The number of anilines is 1. The third-order valence-electron chi connectivity index (χ3n) is 3.10. The lowest BCUT2D eigenvalue weighted by Gasteiger charge is -2.18. The van der Waals surface area contributed by atoms with Crippen LogP contribution in [0, 0.1) is 13.8 Å². The van der Waals surface area contributed by atoms with Gasteiger partial charge in [-0.25, -0.2) is 0 Å². The van der Waals surface area contributed by atoms with Gasteiger partial charge in [0.2, 0.25) is 5.89 Å². The molecule has 0 amide bonds. The first kappa shape index (κ1) is 15.5. The molecule has 0 aliphatic heterocycles. The van der Waals surface area contributed by atoms with E-state index < -0.39 is 0 Å². The molecule has 2 aromatic rings. The van der Waals surface area contributed by atoms with Crippen LogP contribution in [0.1, 0.15) is 56.6 Å². The summed E-state index contributed by atoms with van der Waals surface area (Å²) < 4.78 is 10.7. The van der Waals surface area contributed by atoms with Gasteiger partial charge in [0.05, 0.1) is 18.3 Å². The van der Waals surface area contributed by atoms with Crippen molar-refractivity contribution in [2.75, 3.05) is 5.32 Å². The van der Waals surface area contributed by atoms with E-state index in [2.05, 4.69) is 46.8 Å². The molecule has 1 atom stereocenters. The van der Waals surface area contributed by atoms with Crippen molar-refractivity contribution in [3.05, 3.63) is 22.9 Å². The first-order chi connectivity index (χ1) is 9.76. The number of nitrogens with one attached hydrogen (secondary N) is 2. The van der Waals surface area contributed by atoms with Crippen LogP contribution < -0.4 is 10.6 Å². The van der Waals surface area contributed by atoms with Gasteiger partial charge in [0.25, 0.3) is 0 Å². The van der Waals surface area contributed by atoms with E-state index in [9.17, 15) is 0 Å². The summed E-state index contributed by atoms with van der Waals surface area (Å²) in [5, 5.41) is 18.5. The second kappa shape index (κ2) is 5.85. The molecule has 2 heterocycles. The largest absolute Gasteiger partial charge is 0.407 e. The average Bonchev–Trinajstić information content (AvgIpc) is 2.93. The van der Waals surface area contributed by atoms with E-state index in [1.165, 1.54) is 0 Å². The highest BCUT2D eigenvalue weighted by Gasteiger charge is 2.19. The number of hydrogen-bond acceptors (Lipinski definition) is 7. The second-order valence-electron chi connectivity index (χ2n) is 6.21. The van der Waals surface area contributed by atoms with Crippen molar-refractivity contribution in [3.8, 4) is 0 Å². The summed E-state index contributed by atoms with van der Waals surface area (Å²) in [4.78, 5) is 0. The normalized spacial score (nSPS) is 13.4. The molecule has 0 aliphatic rings. The highest BCUT2D eigenvalue weighted by atomic mass is 16.5. The van der Waals surface area contributed by atoms with E-state index in [0.717, 1.165) is 17.0 Å². The maximum atomic E-state index is 5.58. The fourth-order valence-electron chi connectivity index (χ4n) is 2.09. The van der Waals surface area contributed by atoms with Crippen molar-refractivity contribution < 1.29 is 8.94 Å². The van der Waals surface area contributed by atoms with Crippen molar-refractivity contribution in [2.45, 2.75) is 59.7 Å². The van der Waals surface area contributed by atoms with Gasteiger partial charge in [-0.15, -0.1) is 5.10 Å². The van der Waals surface area contributed by atoms with Crippen molar-refractivity contribution in [2.24, 2.45) is 0 Å². The third-order valence-corrected chi connectivity index (χ3v) is 3.10. The Morgan fingerprint density at radius 2 is 1.90 bits per heavy atom. The fourth-order valence-corrected chi connectivity index (χ4v) is 2.09. The minimum Gasteiger partial charge on any atom is -0.407 e. The van der Waals surface area contributed by atoms with Crippen molar-refractivity contribution >= 4 is 6.01 Å². The van der Waals surface area contributed by atoms with Gasteiger partial charge in [-0.2, -0.15) is 0 Å². The maximum absolute atomic E-state index is 5.58. The minimum absolute atomic E-state index is 0.00599. The fraction of sp³-hybridized carbons (Fsp3) is 0.643. The van der Waals surface area contributed by atoms with Crippen molar-refractivity contribution in [3.63, 3.8) is 0 Å². The molecule has 2 rings (SSSR count). The number of rotatable bonds is 5. The summed E-state index contributed by atoms with van der Waals surface area (Å²) in [6.45, 7) is 12.6. The number of hydrogen-bond donors (Lipinski definition) is 2. The third kappa shape index (κ3) is 4.04. The molecule has 2 N–H and O–H groups in total. The molecular formula is C14H23N5O2. The van der Waals surface area contributed by atoms with Gasteiger partial charge in [0.15, 0.2) is 0 Å². The van der Waals surface area contributed by atoms with E-state index in [4.69, 9.17) is 8.94 Å². The van der Waals surface area contributed by atoms with Crippen LogP contribution in [-0.2, 0) is 6.54 Å². The molecule has 21 heavy (non-hydrogen) atoms. The van der Waals surface area contributed by atoms with Crippen LogP contribution in [0.3, 0.4) is 0 Å². The molecule has 0 fully saturated rings. The monoisotopic (exact) mass is 293 g/mol. The molecule has 0 radical (unpaired) electrons. The van der Waals surface area contributed by atoms with Crippen LogP contribution in [0.15, 0.2) is 8.94 Å². The first-order valence-electron chi connectivity index (χ1n) is 7.03. The molecule has 2 aromatic heterocycles. The van der Waals surface area contributed by atoms with Gasteiger partial charge in [-0.05, 0) is 41.5 Å². The zero-order valence-electron chi connectivity index (χ0n) is 13.4. The zero-order valence-corrected chi connectivity index (χ0v) is 13.4. The van der Waals surface area contributed by atoms with E-state index in [1.54, 1.807) is 0 Å². The topological polar surface area (TPSA) is 89.0 Å². The van der Waals surface area contributed by atoms with Gasteiger partial charge >= 0.3 is 6.01 Å². The van der Waals surface area contributed by atoms with Crippen LogP contribution in [0.2, 0.25) is 0 Å². The van der Waals surface area contributed by atoms with Gasteiger partial charge in [-0.1, -0.05) is 10.3 Å². The average molecular weight is 293 g/mol. The number of aromatic nitrogens is 3. The predicted octanol–water partition coefficient (Wildman–Crippen LogP) is 2.74. The highest BCUT2D eigenvalue weighted by molar-refractivity contribution is 5.32. The van der Waals surface area contributed by atoms with Gasteiger partial charge in [0, 0.05) is 11.1 Å². The molecule has 7 nitrogen and oxygen atoms in total. The zero-order chi connectivity index (χ0) is 15.6. The lowest BCUT2D eigenvalue weighted by Crippen LogP contribution is -2.35. The molecule has 0 saturated heterocycles. The molecule has 0 spiro atoms. The Bertz CT molecular complexity index is 577. The molecule has 0 bridgehead atoms. The molecule has 116 valence electrons. The smallest absolute Gasteiger partial charge is 0.315 e. The summed E-state index contributed by atoms with van der Waals surface area (Å²) >= 11 is 0. The molecule has 0 aliphatic carbocycles. The van der Waals surface area contributed by atoms with E-state index >= 15 is 0 Å². The van der Waals surface area contributed by atoms with Crippen LogP contribution in [0.5, 0.6) is 0 Å². The lowest BCUT2D eigenvalue weighted by molar-refractivity contribution is 0.383.